The predicted octanol–water partition coefficient (Wildman–Crippen LogP) is 0.915. The van der Waals surface area contributed by atoms with Crippen LogP contribution in [0.1, 0.15) is 25.7 Å². The Hall–Kier alpha value is -3.88. The Morgan fingerprint density at radius 3 is 2.64 bits per heavy atom. The van der Waals surface area contributed by atoms with Crippen LogP contribution in [0.3, 0.4) is 0 Å². The maximum atomic E-state index is 13.1. The van der Waals surface area contributed by atoms with Crippen molar-refractivity contribution in [3.8, 4) is 17.6 Å². The third kappa shape index (κ3) is 4.41. The molecule has 3 N–H and O–H groups in total. The topological polar surface area (TPSA) is 118 Å². The van der Waals surface area contributed by atoms with Crippen molar-refractivity contribution in [2.24, 2.45) is 0 Å². The van der Waals surface area contributed by atoms with E-state index in [0.29, 0.717) is 28.6 Å². The molecule has 1 aromatic heterocycles. The summed E-state index contributed by atoms with van der Waals surface area (Å²) in [5.41, 5.74) is -0.250. The zero-order valence-electron chi connectivity index (χ0n) is 20.0. The van der Waals surface area contributed by atoms with Crippen molar-refractivity contribution in [2.75, 3.05) is 46.9 Å². The first-order chi connectivity index (χ1) is 17.3. The van der Waals surface area contributed by atoms with Crippen LogP contribution in [-0.2, 0) is 11.3 Å². The molecule has 1 unspecified atom stereocenters. The molecule has 2 aromatic rings. The molecule has 1 aromatic carbocycles. The first kappa shape index (κ1) is 23.8. The quantitative estimate of drug-likeness (QED) is 0.246. The molecule has 186 valence electrons. The fraction of sp³-hybridized carbons (Fsp3) is 0.360. The Bertz CT molecular complexity index is 1320. The summed E-state index contributed by atoms with van der Waals surface area (Å²) in [6.45, 7) is 3.61. The first-order valence-electron chi connectivity index (χ1n) is 11.5. The third-order valence-electron chi connectivity index (χ3n) is 6.62. The van der Waals surface area contributed by atoms with Gasteiger partial charge < -0.3 is 24.8 Å². The zero-order chi connectivity index (χ0) is 25.4. The minimum atomic E-state index is -1.58. The minimum Gasteiger partial charge on any atom is -0.497 e. The van der Waals surface area contributed by atoms with Crippen LogP contribution in [0.4, 0.5) is 4.79 Å². The van der Waals surface area contributed by atoms with Crippen LogP contribution in [0.15, 0.2) is 30.3 Å². The van der Waals surface area contributed by atoms with Crippen molar-refractivity contribution in [1.82, 2.24) is 25.3 Å². The molecular formula is C25H26N6O4S. The fourth-order valence-electron chi connectivity index (χ4n) is 4.50. The Kier molecular flexibility index (Phi) is 6.15. The maximum absolute atomic E-state index is 13.1. The highest BCUT2D eigenvalue weighted by Gasteiger charge is 2.48. The lowest BCUT2D eigenvalue weighted by Crippen LogP contribution is -2.54. The van der Waals surface area contributed by atoms with Crippen molar-refractivity contribution in [3.63, 3.8) is 0 Å². The van der Waals surface area contributed by atoms with E-state index in [9.17, 15) is 14.4 Å². The number of piperazine rings is 1. The number of hydrogen-bond donors (Lipinski definition) is 3. The lowest BCUT2D eigenvalue weighted by molar-refractivity contribution is -0.122. The molecule has 2 fully saturated rings. The highest BCUT2D eigenvalue weighted by atomic mass is 32.1. The zero-order valence-corrected chi connectivity index (χ0v) is 20.8. The number of hydrogen-bond acceptors (Lipinski definition) is 7. The molecule has 11 heteroatoms. The van der Waals surface area contributed by atoms with Crippen molar-refractivity contribution in [1.29, 1.82) is 5.41 Å². The Labute approximate surface area is 212 Å². The average Bonchev–Trinajstić information content (AvgIpc) is 3.54. The lowest BCUT2D eigenvalue weighted by atomic mass is 9.99. The fourth-order valence-corrected chi connectivity index (χ4v) is 5.34. The highest BCUT2D eigenvalue weighted by Crippen LogP contribution is 2.28. The lowest BCUT2D eigenvalue weighted by Gasteiger charge is -2.33. The van der Waals surface area contributed by atoms with Gasteiger partial charge in [-0.3, -0.25) is 20.3 Å². The van der Waals surface area contributed by atoms with Gasteiger partial charge in [0.15, 0.2) is 0 Å². The summed E-state index contributed by atoms with van der Waals surface area (Å²) in [4.78, 5) is 45.2. The SMILES string of the molecule is COc1ccc2c(c1)C(=O)N(CC1(C#Cc3ccc(C(=N)N4CCN(C)CC4)s3)NC(=O)NC1=O)C2. The average molecular weight is 507 g/mol. The largest absolute Gasteiger partial charge is 0.497 e. The number of fused-ring (bicyclic) bond motifs is 1. The summed E-state index contributed by atoms with van der Waals surface area (Å²) in [6, 6.07) is 8.28. The molecule has 1 atom stereocenters. The second-order valence-electron chi connectivity index (χ2n) is 9.05. The van der Waals surface area contributed by atoms with E-state index in [4.69, 9.17) is 10.1 Å². The van der Waals surface area contributed by atoms with E-state index in [1.54, 1.807) is 12.1 Å². The molecule has 36 heavy (non-hydrogen) atoms. The third-order valence-corrected chi connectivity index (χ3v) is 7.63. The second-order valence-corrected chi connectivity index (χ2v) is 10.1. The number of carbonyl (C=O) groups is 3. The van der Waals surface area contributed by atoms with Crippen LogP contribution in [0.2, 0.25) is 0 Å². The molecule has 0 spiro atoms. The van der Waals surface area contributed by atoms with E-state index in [0.717, 1.165) is 36.6 Å². The monoisotopic (exact) mass is 506 g/mol. The molecule has 2 saturated heterocycles. The van der Waals surface area contributed by atoms with Gasteiger partial charge >= 0.3 is 6.03 Å². The van der Waals surface area contributed by atoms with Gasteiger partial charge in [0.2, 0.25) is 5.54 Å². The van der Waals surface area contributed by atoms with Gasteiger partial charge in [-0.2, -0.15) is 0 Å². The molecule has 4 amide bonds. The van der Waals surface area contributed by atoms with Crippen molar-refractivity contribution < 1.29 is 19.1 Å². The normalized spacial score (nSPS) is 21.6. The number of imide groups is 1. The van der Waals surface area contributed by atoms with Crippen molar-refractivity contribution >= 4 is 35.0 Å². The number of amides is 4. The van der Waals surface area contributed by atoms with Gasteiger partial charge in [0.05, 0.1) is 23.4 Å². The van der Waals surface area contributed by atoms with Crippen molar-refractivity contribution in [2.45, 2.75) is 12.1 Å². The Morgan fingerprint density at radius 2 is 1.94 bits per heavy atom. The van der Waals surface area contributed by atoms with Crippen LogP contribution in [0, 0.1) is 17.3 Å². The molecule has 0 saturated carbocycles. The predicted molar refractivity (Wildman–Crippen MR) is 134 cm³/mol. The number of nitrogens with zero attached hydrogens (tertiary/aromatic N) is 3. The van der Waals surface area contributed by atoms with E-state index in [-0.39, 0.29) is 12.5 Å². The van der Waals surface area contributed by atoms with E-state index in [1.807, 2.05) is 23.1 Å². The van der Waals surface area contributed by atoms with Gasteiger partial charge in [0.25, 0.3) is 11.8 Å². The molecule has 3 aliphatic rings. The molecule has 4 heterocycles. The number of methoxy groups -OCH3 is 1. The van der Waals surface area contributed by atoms with Crippen LogP contribution in [0.5, 0.6) is 5.75 Å². The number of thiophene rings is 1. The number of nitrogens with one attached hydrogen (secondary N) is 3. The molecule has 3 aliphatic heterocycles. The van der Waals surface area contributed by atoms with Gasteiger partial charge in [0.1, 0.15) is 11.6 Å². The molecule has 10 nitrogen and oxygen atoms in total. The van der Waals surface area contributed by atoms with Crippen LogP contribution in [0.25, 0.3) is 0 Å². The molecule has 0 radical (unpaired) electrons. The molecule has 0 aliphatic carbocycles. The summed E-state index contributed by atoms with van der Waals surface area (Å²) in [5.74, 6) is 6.12. The molecule has 0 bridgehead atoms. The number of likely N-dealkylation sites (N-methyl/N-ethyl adjacent to an activating group) is 1. The van der Waals surface area contributed by atoms with Gasteiger partial charge in [-0.25, -0.2) is 4.79 Å². The standard InChI is InChI=1S/C25H26N6O4S/c1-29-9-11-30(12-10-29)21(26)20-6-5-18(36-20)7-8-25(23(33)27-24(34)28-25)15-31-14-16-3-4-17(35-2)13-19(16)22(31)32/h3-6,13,26H,9-12,14-15H2,1-2H3,(H2,27,28,33,34). The molecular weight excluding hydrogens is 480 g/mol. The number of benzene rings is 1. The smallest absolute Gasteiger partial charge is 0.323 e. The minimum absolute atomic E-state index is 0.0945. The van der Waals surface area contributed by atoms with Gasteiger partial charge in [-0.15, -0.1) is 11.3 Å². The number of rotatable bonds is 4. The summed E-state index contributed by atoms with van der Waals surface area (Å²) in [5, 5.41) is 13.4. The van der Waals surface area contributed by atoms with E-state index in [1.165, 1.54) is 23.3 Å². The number of amidine groups is 1. The van der Waals surface area contributed by atoms with Gasteiger partial charge in [-0.1, -0.05) is 17.9 Å². The second kappa shape index (κ2) is 9.29. The summed E-state index contributed by atoms with van der Waals surface area (Å²) >= 11 is 1.36. The summed E-state index contributed by atoms with van der Waals surface area (Å²) in [7, 11) is 3.60. The first-order valence-corrected chi connectivity index (χ1v) is 12.3. The number of urea groups is 1. The summed E-state index contributed by atoms with van der Waals surface area (Å²) in [6.07, 6.45) is 0. The van der Waals surface area contributed by atoms with E-state index >= 15 is 0 Å². The van der Waals surface area contributed by atoms with Gasteiger partial charge in [-0.05, 0) is 36.9 Å². The molecule has 5 rings (SSSR count). The van der Waals surface area contributed by atoms with E-state index < -0.39 is 17.5 Å². The highest BCUT2D eigenvalue weighted by molar-refractivity contribution is 7.14. The van der Waals surface area contributed by atoms with E-state index in [2.05, 4.69) is 34.4 Å². The van der Waals surface area contributed by atoms with Crippen LogP contribution >= 0.6 is 11.3 Å². The van der Waals surface area contributed by atoms with Crippen LogP contribution in [-0.4, -0.2) is 90.8 Å². The maximum Gasteiger partial charge on any atom is 0.323 e. The Morgan fingerprint density at radius 1 is 1.17 bits per heavy atom. The van der Waals surface area contributed by atoms with Crippen molar-refractivity contribution in [3.05, 3.63) is 51.2 Å². The van der Waals surface area contributed by atoms with Crippen LogP contribution < -0.4 is 15.4 Å². The van der Waals surface area contributed by atoms with Gasteiger partial charge in [0, 0.05) is 38.3 Å². The number of ether oxygens (including phenoxy) is 1. The Balaban J connectivity index is 1.36. The summed E-state index contributed by atoms with van der Waals surface area (Å²) < 4.78 is 5.22. The number of carbonyl (C=O) groups excluding carboxylic acids is 3.